The van der Waals surface area contributed by atoms with Crippen LogP contribution in [0, 0.1) is 0 Å². The number of aryl methyl sites for hydroxylation is 1. The Hall–Kier alpha value is -3.26. The van der Waals surface area contributed by atoms with Crippen LogP contribution in [0.25, 0.3) is 22.4 Å². The van der Waals surface area contributed by atoms with Crippen molar-refractivity contribution in [1.82, 2.24) is 15.0 Å². The number of nitrogens with one attached hydrogen (secondary N) is 1. The Morgan fingerprint density at radius 1 is 1.24 bits per heavy atom. The number of carbonyl (C=O) groups is 2. The van der Waals surface area contributed by atoms with E-state index in [1.54, 1.807) is 0 Å². The Morgan fingerprint density at radius 2 is 1.97 bits per heavy atom. The van der Waals surface area contributed by atoms with Crippen LogP contribution in [0.4, 0.5) is 5.82 Å². The molecule has 3 aromatic rings. The topological polar surface area (TPSA) is 114 Å². The van der Waals surface area contributed by atoms with Gasteiger partial charge in [-0.25, -0.2) is 9.97 Å². The molecule has 0 saturated carbocycles. The fraction of sp³-hybridized carbons (Fsp3) is 0.440. The van der Waals surface area contributed by atoms with Gasteiger partial charge in [-0.1, -0.05) is 30.3 Å². The highest BCUT2D eigenvalue weighted by Gasteiger charge is 2.28. The van der Waals surface area contributed by atoms with Crippen LogP contribution in [0.2, 0.25) is 0 Å². The Morgan fingerprint density at radius 3 is 2.64 bits per heavy atom. The van der Waals surface area contributed by atoms with E-state index in [1.165, 1.54) is 7.05 Å². The number of fused-ring (bicyclic) bond motifs is 1. The van der Waals surface area contributed by atoms with Gasteiger partial charge in [-0.15, -0.1) is 0 Å². The molecule has 0 radical (unpaired) electrons. The molecule has 0 amide bonds. The summed E-state index contributed by atoms with van der Waals surface area (Å²) in [5, 5.41) is 0.868. The molecule has 1 unspecified atom stereocenters. The number of rotatable bonds is 6. The van der Waals surface area contributed by atoms with Gasteiger partial charge in [0, 0.05) is 17.8 Å². The minimum Gasteiger partial charge on any atom is -0.460 e. The number of carbonyl (C=O) groups excluding carboxylic acids is 2. The van der Waals surface area contributed by atoms with Gasteiger partial charge in [0.1, 0.15) is 23.4 Å². The molecule has 176 valence electrons. The Labute approximate surface area is 194 Å². The maximum atomic E-state index is 12.1. The molecular weight excluding hydrogens is 418 g/mol. The summed E-state index contributed by atoms with van der Waals surface area (Å²) in [7, 11) is 1.50. The molecule has 1 atom stereocenters. The first-order valence-corrected chi connectivity index (χ1v) is 11.3. The number of anilines is 1. The zero-order chi connectivity index (χ0) is 24.0. The lowest BCUT2D eigenvalue weighted by atomic mass is 10.2. The molecule has 8 heteroatoms. The van der Waals surface area contributed by atoms with Crippen molar-refractivity contribution in [3.05, 3.63) is 42.1 Å². The van der Waals surface area contributed by atoms with E-state index in [0.717, 1.165) is 48.1 Å². The Balaban J connectivity index is 0.00000149. The van der Waals surface area contributed by atoms with E-state index in [9.17, 15) is 9.59 Å². The number of nitrogens with two attached hydrogens (primary N) is 1. The van der Waals surface area contributed by atoms with E-state index >= 15 is 0 Å². The molecule has 1 aromatic carbocycles. The summed E-state index contributed by atoms with van der Waals surface area (Å²) in [6.45, 7) is 6.36. The summed E-state index contributed by atoms with van der Waals surface area (Å²) in [5.41, 5.74) is 6.51. The van der Waals surface area contributed by atoms with Gasteiger partial charge in [0.2, 0.25) is 0 Å². The van der Waals surface area contributed by atoms with Gasteiger partial charge in [-0.05, 0) is 53.1 Å². The van der Waals surface area contributed by atoms with Crippen molar-refractivity contribution >= 4 is 29.1 Å². The second-order valence-electron chi connectivity index (χ2n) is 8.92. The van der Waals surface area contributed by atoms with Crippen molar-refractivity contribution in [2.75, 3.05) is 18.5 Å². The summed E-state index contributed by atoms with van der Waals surface area (Å²) in [6, 6.07) is 11.6. The van der Waals surface area contributed by atoms with Crippen LogP contribution in [0.3, 0.4) is 0 Å². The van der Waals surface area contributed by atoms with Gasteiger partial charge in [0.05, 0.1) is 17.8 Å². The number of aldehydes is 1. The molecule has 4 rings (SSSR count). The van der Waals surface area contributed by atoms with Gasteiger partial charge in [-0.3, -0.25) is 4.79 Å². The van der Waals surface area contributed by atoms with Gasteiger partial charge in [-0.2, -0.15) is 0 Å². The number of aromatic nitrogens is 3. The smallest absolute Gasteiger partial charge is 0.306 e. The second-order valence-corrected chi connectivity index (χ2v) is 8.92. The second kappa shape index (κ2) is 10.6. The number of H-pyrrole nitrogens is 1. The average Bonchev–Trinajstić information content (AvgIpc) is 3.44. The quantitative estimate of drug-likeness (QED) is 0.434. The molecule has 1 aliphatic rings. The highest BCUT2D eigenvalue weighted by Crippen LogP contribution is 2.32. The van der Waals surface area contributed by atoms with Crippen LogP contribution in [0.5, 0.6) is 0 Å². The summed E-state index contributed by atoms with van der Waals surface area (Å²) in [5.74, 6) is 1.14. The first-order chi connectivity index (χ1) is 15.8. The normalized spacial score (nSPS) is 15.8. The van der Waals surface area contributed by atoms with Crippen LogP contribution >= 0.6 is 0 Å². The first-order valence-electron chi connectivity index (χ1n) is 11.3. The number of nitrogens with zero attached hydrogens (tertiary/aromatic N) is 3. The average molecular weight is 452 g/mol. The van der Waals surface area contributed by atoms with Gasteiger partial charge >= 0.3 is 5.97 Å². The van der Waals surface area contributed by atoms with E-state index in [4.69, 9.17) is 14.7 Å². The molecule has 1 fully saturated rings. The minimum absolute atomic E-state index is 0.179. The minimum atomic E-state index is -0.500. The summed E-state index contributed by atoms with van der Waals surface area (Å²) in [6.07, 6.45) is 3.57. The number of aromatic amines is 1. The summed E-state index contributed by atoms with van der Waals surface area (Å²) in [4.78, 5) is 38.8. The molecule has 3 heterocycles. The number of benzene rings is 1. The molecule has 8 nitrogen and oxygen atoms in total. The lowest BCUT2D eigenvalue weighted by molar-refractivity contribution is -0.154. The van der Waals surface area contributed by atoms with Gasteiger partial charge < -0.3 is 25.1 Å². The highest BCUT2D eigenvalue weighted by atomic mass is 16.6. The van der Waals surface area contributed by atoms with Gasteiger partial charge in [0.25, 0.3) is 0 Å². The van der Waals surface area contributed by atoms with Crippen molar-refractivity contribution in [2.24, 2.45) is 5.73 Å². The van der Waals surface area contributed by atoms with Crippen LogP contribution in [-0.2, 0) is 20.7 Å². The molecule has 2 aromatic heterocycles. The predicted octanol–water partition coefficient (Wildman–Crippen LogP) is 3.64. The van der Waals surface area contributed by atoms with Gasteiger partial charge in [0.15, 0.2) is 5.82 Å². The van der Waals surface area contributed by atoms with Crippen molar-refractivity contribution in [3.63, 3.8) is 0 Å². The summed E-state index contributed by atoms with van der Waals surface area (Å²) < 4.78 is 5.42. The fourth-order valence-corrected chi connectivity index (χ4v) is 3.94. The largest absolute Gasteiger partial charge is 0.460 e. The molecule has 0 spiro atoms. The maximum absolute atomic E-state index is 12.1. The van der Waals surface area contributed by atoms with Crippen LogP contribution in [0.1, 0.15) is 45.7 Å². The third-order valence-electron chi connectivity index (χ3n) is 5.30. The number of hydrogen-bond donors (Lipinski definition) is 2. The molecule has 0 aliphatic carbocycles. The summed E-state index contributed by atoms with van der Waals surface area (Å²) >= 11 is 0. The van der Waals surface area contributed by atoms with E-state index in [1.807, 2.05) is 57.2 Å². The lowest BCUT2D eigenvalue weighted by Crippen LogP contribution is -2.31. The Bertz CT molecular complexity index is 1090. The first kappa shape index (κ1) is 24.4. The zero-order valence-electron chi connectivity index (χ0n) is 19.8. The highest BCUT2D eigenvalue weighted by molar-refractivity contribution is 5.91. The van der Waals surface area contributed by atoms with E-state index in [-0.39, 0.29) is 18.4 Å². The standard InChI is InChI=1S/C24H28N4O3.CH5N/c1-24(2,3)31-20(30)12-11-17-14-19-22(25-17)26-21(16-8-5-4-6-9-16)27-23(19)28-13-7-10-18(28)15-29;1-2/h4-6,8-9,14-15,18H,7,10-13H2,1-3H3,(H,25,26,27);2H2,1H3. The van der Waals surface area contributed by atoms with Crippen molar-refractivity contribution in [1.29, 1.82) is 0 Å². The molecule has 1 aliphatic heterocycles. The number of ether oxygens (including phenoxy) is 1. The van der Waals surface area contributed by atoms with Crippen molar-refractivity contribution in [2.45, 2.75) is 58.1 Å². The van der Waals surface area contributed by atoms with Crippen molar-refractivity contribution in [3.8, 4) is 11.4 Å². The van der Waals surface area contributed by atoms with Crippen molar-refractivity contribution < 1.29 is 14.3 Å². The molecule has 1 saturated heterocycles. The zero-order valence-corrected chi connectivity index (χ0v) is 19.8. The molecule has 33 heavy (non-hydrogen) atoms. The van der Waals surface area contributed by atoms with Crippen LogP contribution in [-0.4, -0.2) is 52.4 Å². The Kier molecular flexibility index (Phi) is 7.81. The van der Waals surface area contributed by atoms with Crippen LogP contribution < -0.4 is 10.6 Å². The van der Waals surface area contributed by atoms with E-state index in [0.29, 0.717) is 17.9 Å². The SMILES string of the molecule is CC(C)(C)OC(=O)CCc1cc2c(N3CCCC3C=O)nc(-c3ccccc3)nc2[nH]1.CN. The number of esters is 1. The fourth-order valence-electron chi connectivity index (χ4n) is 3.94. The monoisotopic (exact) mass is 451 g/mol. The third-order valence-corrected chi connectivity index (χ3v) is 5.30. The molecule has 0 bridgehead atoms. The van der Waals surface area contributed by atoms with E-state index < -0.39 is 5.60 Å². The van der Waals surface area contributed by atoms with E-state index in [2.05, 4.69) is 15.6 Å². The third kappa shape index (κ3) is 5.96. The maximum Gasteiger partial charge on any atom is 0.306 e. The lowest BCUT2D eigenvalue weighted by Gasteiger charge is -2.22. The van der Waals surface area contributed by atoms with Crippen LogP contribution in [0.15, 0.2) is 36.4 Å². The molecular formula is C25H33N5O3. The molecule has 3 N–H and O–H groups in total. The predicted molar refractivity (Wildman–Crippen MR) is 130 cm³/mol. The number of hydrogen-bond acceptors (Lipinski definition) is 7.